The molecule has 5 aromatic carbocycles. The summed E-state index contributed by atoms with van der Waals surface area (Å²) in [5.74, 6) is 0. The molecule has 2 amide bonds. The number of hydrogen-bond donors (Lipinski definition) is 2. The molecule has 5 aromatic rings. The Labute approximate surface area is 772 Å². The number of ether oxygens (including phenoxy) is 2. The molecule has 0 spiro atoms. The second-order valence-corrected chi connectivity index (χ2v) is 47.9. The van der Waals surface area contributed by atoms with Gasteiger partial charge in [-0.05, 0) is 292 Å². The molecule has 8 radical (unpaired) electrons. The summed E-state index contributed by atoms with van der Waals surface area (Å²) < 4.78 is 10.9. The smallest absolute Gasteiger partial charge is 0.447 e. The molecule has 9 atom stereocenters. The number of amides is 2. The summed E-state index contributed by atoms with van der Waals surface area (Å²) in [6.45, 7) is 0.790. The van der Waals surface area contributed by atoms with Crippen LogP contribution < -0.4 is 34.8 Å². The number of carbonyl (C=O) groups is 2. The standard InChI is InChI=1S/C44H60B2N2P2.C22H20N2O4.2C12H23BP.Li.8H2S/c45-49(37-19-5-1-6-20-37,38-21-7-2-8-22-38)31-35-29-33-17-13-15-27-41(33)43(47-35)44-42-28-16-14-18-34(42)30-36(48-44)32-50(46,39-23-9-3-10-24-39)40-25-11-4-12-26-40;25-21-23-15(11-27-21)9-13-5-1-3-7-17(13)19(23)20-18-8-4-2-6-14(18)10-16-12-28-22(26)24(16)20;2*13-14(11-7-3-1-4-8-11)12-9-5-2-6-10-12;;;;;;;;;/h1,5-6,13-20,27-28,35-36,38-40,43-44,47-48H,2-4,7-12,21-26,29-32H2;1-8,15-16,19-20H,9-12H2;2*11-12,14H,1-10H2;;8*1H2/q+2;;3*+1;;;;;;;;/t35-,36-,43-,44-,49?;15-,16-,19-,20-;;;;;;;;;;;/m00.........../s1. The van der Waals surface area contributed by atoms with Crippen molar-refractivity contribution >= 4 is 186 Å². The van der Waals surface area contributed by atoms with Gasteiger partial charge in [0.2, 0.25) is 0 Å². The van der Waals surface area contributed by atoms with Crippen LogP contribution in [0.25, 0.3) is 0 Å². The second kappa shape index (κ2) is 50.3. The van der Waals surface area contributed by atoms with Crippen LogP contribution in [0.15, 0.2) is 127 Å². The monoisotopic (exact) mass is 1770 g/mol. The minimum atomic E-state index is -1.88. The number of rotatable bonds is 14. The summed E-state index contributed by atoms with van der Waals surface area (Å²) >= 11 is 0. The van der Waals surface area contributed by atoms with E-state index in [1.807, 2.05) is 34.1 Å². The van der Waals surface area contributed by atoms with Crippen LogP contribution in [-0.2, 0) is 35.2 Å². The van der Waals surface area contributed by atoms with Crippen molar-refractivity contribution in [3.63, 3.8) is 0 Å². The van der Waals surface area contributed by atoms with E-state index in [2.05, 4.69) is 114 Å². The van der Waals surface area contributed by atoms with Crippen LogP contribution in [0.4, 0.5) is 9.59 Å². The molecular formula is C90H142B4LiN4O4P4S8+5. The largest absolute Gasteiger partial charge is 1.00 e. The number of hydrogen-bond acceptors (Lipinski definition) is 6. The van der Waals surface area contributed by atoms with Crippen LogP contribution in [0.2, 0.25) is 0 Å². The van der Waals surface area contributed by atoms with E-state index in [0.29, 0.717) is 31.0 Å². The fourth-order valence-electron chi connectivity index (χ4n) is 23.2. The number of benzene rings is 5. The van der Waals surface area contributed by atoms with Crippen LogP contribution in [0.1, 0.15) is 293 Å². The Morgan fingerprint density at radius 3 is 0.965 bits per heavy atom. The van der Waals surface area contributed by atoms with Gasteiger partial charge in [-0.25, -0.2) is 9.59 Å². The maximum atomic E-state index is 12.7. The summed E-state index contributed by atoms with van der Waals surface area (Å²) in [5, 5.41) is 10.2. The molecule has 7 saturated carbocycles. The zero-order chi connectivity index (χ0) is 72.4. The maximum Gasteiger partial charge on any atom is 1.00 e. The average molecular weight is 1770 g/mol. The summed E-state index contributed by atoms with van der Waals surface area (Å²) in [6.07, 6.45) is 55.1. The van der Waals surface area contributed by atoms with E-state index in [1.54, 1.807) is 0 Å². The topological polar surface area (TPSA) is 83.1 Å². The van der Waals surface area contributed by atoms with E-state index in [1.165, 1.54) is 270 Å². The van der Waals surface area contributed by atoms with E-state index >= 15 is 0 Å². The average Bonchev–Trinajstić information content (AvgIpc) is 1.66. The van der Waals surface area contributed by atoms with Crippen LogP contribution in [0.3, 0.4) is 0 Å². The molecule has 0 aromatic heterocycles. The van der Waals surface area contributed by atoms with Crippen LogP contribution in [0.5, 0.6) is 0 Å². The second-order valence-electron chi connectivity index (χ2n) is 35.3. The first-order valence-electron chi connectivity index (χ1n) is 43.3. The summed E-state index contributed by atoms with van der Waals surface area (Å²) in [5.41, 5.74) is 16.7. The molecule has 115 heavy (non-hydrogen) atoms. The van der Waals surface area contributed by atoms with Crippen molar-refractivity contribution in [3.05, 3.63) is 172 Å². The Bertz CT molecular complexity index is 3510. The molecule has 0 bridgehead atoms. The van der Waals surface area contributed by atoms with Crippen molar-refractivity contribution in [1.29, 1.82) is 0 Å². The fourth-order valence-corrected chi connectivity index (χ4v) is 37.6. The molecule has 7 aliphatic carbocycles. The van der Waals surface area contributed by atoms with E-state index in [-0.39, 0.29) is 175 Å². The molecule has 6 heterocycles. The predicted octanol–water partition coefficient (Wildman–Crippen LogP) is 19.1. The van der Waals surface area contributed by atoms with Gasteiger partial charge in [-0.3, -0.25) is 9.80 Å². The van der Waals surface area contributed by atoms with Crippen molar-refractivity contribution in [3.8, 4) is 0 Å². The van der Waals surface area contributed by atoms with E-state index in [4.69, 9.17) is 39.7 Å². The summed E-state index contributed by atoms with van der Waals surface area (Å²) in [7, 11) is 24.4. The quantitative estimate of drug-likeness (QED) is 0.0851. The SMILES string of the molecule is O=C1OC[C@@H]2Cc3ccccc3[C@@H]([C@@H]3c4ccccc4C[C@H]4COC(=O)N43)N12.S.S.S.S.S.S.S.S.[B][P+](C[C@@H]1Cc2ccccc2[C@@H]([C@H]2N[C@H](C[P+]([B])(C3CCCCC3)C3CCCCC3)Cc3ccccc32)N1)(c1ccccc1)C1CCCCC1.[B][PH+](C1CCCCC1)C1CCCCC1.[B][PH+](C1CCCCC1)C1CCCCC1.[Li+]. The zero-order valence-corrected chi connectivity index (χ0v) is 81.2. The molecule has 6 aliphatic heterocycles. The number of cyclic esters (lactones) is 2. The molecule has 2 saturated heterocycles. The predicted molar refractivity (Wildman–Crippen MR) is 540 cm³/mol. The molecule has 13 aliphatic rings. The first kappa shape index (κ1) is 104. The first-order valence-corrected chi connectivity index (χ1v) is 51.1. The van der Waals surface area contributed by atoms with Gasteiger partial charge < -0.3 is 20.1 Å². The number of nitrogens with one attached hydrogen (secondary N) is 2. The van der Waals surface area contributed by atoms with Gasteiger partial charge in [-0.15, -0.1) is 0 Å². The molecule has 1 unspecified atom stereocenters. The molecule has 18 rings (SSSR count). The van der Waals surface area contributed by atoms with E-state index in [0.717, 1.165) is 76.9 Å². The molecule has 2 N–H and O–H groups in total. The van der Waals surface area contributed by atoms with Crippen molar-refractivity contribution < 1.29 is 37.9 Å². The van der Waals surface area contributed by atoms with Gasteiger partial charge in [0.05, 0.1) is 93.5 Å². The third-order valence-electron chi connectivity index (χ3n) is 28.8. The fraction of sp³-hybridized carbons (Fsp3) is 0.644. The Morgan fingerprint density at radius 2 is 0.626 bits per heavy atom. The molecule has 622 valence electrons. The minimum Gasteiger partial charge on any atom is -0.447 e. The number of carbonyl (C=O) groups excluding carboxylic acids is 2. The normalized spacial score (nSPS) is 26.2. The van der Waals surface area contributed by atoms with Gasteiger partial charge in [0.15, 0.2) is 0 Å². The van der Waals surface area contributed by atoms with Crippen molar-refractivity contribution in [2.45, 2.75) is 338 Å². The molecule has 9 fully saturated rings. The Hall–Kier alpha value is -0.0629. The van der Waals surface area contributed by atoms with Crippen LogP contribution >= 0.6 is 138 Å². The van der Waals surface area contributed by atoms with Crippen molar-refractivity contribution in [2.24, 2.45) is 0 Å². The van der Waals surface area contributed by atoms with Crippen molar-refractivity contribution in [2.75, 3.05) is 25.5 Å². The molecule has 25 heteroatoms. The van der Waals surface area contributed by atoms with Gasteiger partial charge in [0.1, 0.15) is 13.2 Å². The minimum absolute atomic E-state index is 0. The Kier molecular flexibility index (Phi) is 45.4. The van der Waals surface area contributed by atoms with E-state index < -0.39 is 29.9 Å². The maximum absolute atomic E-state index is 12.7. The van der Waals surface area contributed by atoms with Crippen LogP contribution in [0, 0.1) is 0 Å². The first-order chi connectivity index (χ1) is 52.0. The van der Waals surface area contributed by atoms with Crippen LogP contribution in [-0.4, -0.2) is 142 Å². The third-order valence-corrected chi connectivity index (χ3v) is 43.8. The van der Waals surface area contributed by atoms with E-state index in [9.17, 15) is 9.59 Å². The third kappa shape index (κ3) is 24.8. The number of fused-ring (bicyclic) bond motifs is 6. The molecular weight excluding hydrogens is 1630 g/mol. The van der Waals surface area contributed by atoms with Gasteiger partial charge in [-0.1, -0.05) is 160 Å². The van der Waals surface area contributed by atoms with Gasteiger partial charge in [0, 0.05) is 12.1 Å². The summed E-state index contributed by atoms with van der Waals surface area (Å²) in [6, 6.07) is 47.1. The van der Waals surface area contributed by atoms with Gasteiger partial charge >= 0.3 is 61.3 Å². The Balaban J connectivity index is 0.000000266. The van der Waals surface area contributed by atoms with Gasteiger partial charge in [0.25, 0.3) is 0 Å². The van der Waals surface area contributed by atoms with Crippen molar-refractivity contribution in [1.82, 2.24) is 20.4 Å². The zero-order valence-electron chi connectivity index (χ0n) is 69.4. The molecule has 8 nitrogen and oxygen atoms in total. The Morgan fingerprint density at radius 1 is 0.348 bits per heavy atom. The van der Waals surface area contributed by atoms with Gasteiger partial charge in [-0.2, -0.15) is 108 Å². The summed E-state index contributed by atoms with van der Waals surface area (Å²) in [4.78, 5) is 29.2. The number of nitrogens with zero attached hydrogens (tertiary/aromatic N) is 2.